The first kappa shape index (κ1) is 14.2. The molecule has 0 bridgehead atoms. The van der Waals surface area contributed by atoms with Gasteiger partial charge in [0, 0.05) is 17.8 Å². The zero-order valence-electron chi connectivity index (χ0n) is 11.2. The Morgan fingerprint density at radius 1 is 1.32 bits per heavy atom. The van der Waals surface area contributed by atoms with Crippen molar-refractivity contribution in [1.82, 2.24) is 5.32 Å². The Balaban J connectivity index is 1.84. The van der Waals surface area contributed by atoms with Gasteiger partial charge in [0.05, 0.1) is 0 Å². The molecular weight excluding hydrogens is 258 g/mol. The lowest BCUT2D eigenvalue weighted by Crippen LogP contribution is -2.39. The minimum Gasteiger partial charge on any atom is -0.335 e. The van der Waals surface area contributed by atoms with Crippen molar-refractivity contribution in [2.75, 3.05) is 16.8 Å². The van der Waals surface area contributed by atoms with Crippen LogP contribution in [0.15, 0.2) is 24.3 Å². The molecular formula is C14H21N3OS. The second-order valence-electron chi connectivity index (χ2n) is 4.90. The summed E-state index contributed by atoms with van der Waals surface area (Å²) >= 11 is 1.95. The van der Waals surface area contributed by atoms with Gasteiger partial charge in [-0.05, 0) is 49.0 Å². The average molecular weight is 279 g/mol. The van der Waals surface area contributed by atoms with E-state index < -0.39 is 0 Å². The molecule has 0 spiro atoms. The maximum atomic E-state index is 11.8. The number of amides is 2. The third kappa shape index (κ3) is 4.44. The number of benzene rings is 1. The van der Waals surface area contributed by atoms with Crippen LogP contribution in [0.5, 0.6) is 0 Å². The number of nitrogens with two attached hydrogens (primary N) is 1. The number of rotatable bonds is 3. The molecule has 1 aliphatic heterocycles. The van der Waals surface area contributed by atoms with E-state index in [2.05, 4.69) is 10.6 Å². The predicted octanol–water partition coefficient (Wildman–Crippen LogP) is 2.72. The molecule has 2 amide bonds. The van der Waals surface area contributed by atoms with E-state index in [1.165, 1.54) is 0 Å². The topological polar surface area (TPSA) is 67.1 Å². The first-order chi connectivity index (χ1) is 9.15. The Morgan fingerprint density at radius 3 is 2.53 bits per heavy atom. The third-order valence-electron chi connectivity index (χ3n) is 3.25. The van der Waals surface area contributed by atoms with Gasteiger partial charge in [-0.15, -0.1) is 0 Å². The first-order valence-corrected chi connectivity index (χ1v) is 7.81. The fourth-order valence-electron chi connectivity index (χ4n) is 2.06. The fourth-order valence-corrected chi connectivity index (χ4v) is 3.17. The molecule has 0 aromatic heterocycles. The summed E-state index contributed by atoms with van der Waals surface area (Å²) in [6.07, 6.45) is 2.11. The molecule has 1 aliphatic rings. The smallest absolute Gasteiger partial charge is 0.319 e. The highest BCUT2D eigenvalue weighted by Crippen LogP contribution is 2.17. The van der Waals surface area contributed by atoms with Gasteiger partial charge >= 0.3 is 6.03 Å². The van der Waals surface area contributed by atoms with E-state index in [9.17, 15) is 4.79 Å². The van der Waals surface area contributed by atoms with Crippen LogP contribution in [-0.4, -0.2) is 23.6 Å². The molecule has 104 valence electrons. The van der Waals surface area contributed by atoms with Gasteiger partial charge in [0.25, 0.3) is 0 Å². The monoisotopic (exact) mass is 279 g/mol. The van der Waals surface area contributed by atoms with Gasteiger partial charge in [-0.3, -0.25) is 0 Å². The summed E-state index contributed by atoms with van der Waals surface area (Å²) in [6, 6.07) is 7.86. The maximum Gasteiger partial charge on any atom is 0.319 e. The van der Waals surface area contributed by atoms with Crippen molar-refractivity contribution in [2.45, 2.75) is 31.8 Å². The predicted molar refractivity (Wildman–Crippen MR) is 81.5 cm³/mol. The molecule has 19 heavy (non-hydrogen) atoms. The van der Waals surface area contributed by atoms with Crippen molar-refractivity contribution in [2.24, 2.45) is 5.73 Å². The number of nitrogens with one attached hydrogen (secondary N) is 2. The summed E-state index contributed by atoms with van der Waals surface area (Å²) in [6.45, 7) is 1.94. The molecule has 1 saturated heterocycles. The second-order valence-corrected chi connectivity index (χ2v) is 6.12. The van der Waals surface area contributed by atoms with Crippen molar-refractivity contribution in [3.63, 3.8) is 0 Å². The Bertz CT molecular complexity index is 413. The van der Waals surface area contributed by atoms with Crippen LogP contribution >= 0.6 is 11.8 Å². The molecule has 1 unspecified atom stereocenters. The van der Waals surface area contributed by atoms with Gasteiger partial charge in [0.15, 0.2) is 0 Å². The zero-order valence-corrected chi connectivity index (χ0v) is 12.0. The Hall–Kier alpha value is -1.20. The van der Waals surface area contributed by atoms with Gasteiger partial charge in [0.1, 0.15) is 0 Å². The van der Waals surface area contributed by atoms with Crippen molar-refractivity contribution in [1.29, 1.82) is 0 Å². The lowest BCUT2D eigenvalue weighted by molar-refractivity contribution is 0.247. The molecule has 4 N–H and O–H groups in total. The standard InChI is InChI=1S/C14H21N3OS/c1-10(15)11-2-4-12(5-3-11)16-14(18)17-13-6-8-19-9-7-13/h2-5,10,13H,6-9,15H2,1H3,(H2,16,17,18). The number of carbonyl (C=O) groups is 1. The quantitative estimate of drug-likeness (QED) is 0.797. The molecule has 1 heterocycles. The third-order valence-corrected chi connectivity index (χ3v) is 4.30. The van der Waals surface area contributed by atoms with E-state index in [1.54, 1.807) is 0 Å². The van der Waals surface area contributed by atoms with Crippen LogP contribution in [0.1, 0.15) is 31.4 Å². The van der Waals surface area contributed by atoms with Gasteiger partial charge in [0.2, 0.25) is 0 Å². The molecule has 2 rings (SSSR count). The van der Waals surface area contributed by atoms with E-state index in [0.29, 0.717) is 6.04 Å². The van der Waals surface area contributed by atoms with Gasteiger partial charge < -0.3 is 16.4 Å². The molecule has 0 radical (unpaired) electrons. The number of thioether (sulfide) groups is 1. The van der Waals surface area contributed by atoms with E-state index in [0.717, 1.165) is 35.6 Å². The largest absolute Gasteiger partial charge is 0.335 e. The van der Waals surface area contributed by atoms with E-state index in [-0.39, 0.29) is 12.1 Å². The molecule has 0 aliphatic carbocycles. The molecule has 1 aromatic rings. The average Bonchev–Trinajstić information content (AvgIpc) is 2.40. The maximum absolute atomic E-state index is 11.8. The minimum absolute atomic E-state index is 0.0163. The van der Waals surface area contributed by atoms with Crippen molar-refractivity contribution in [3.05, 3.63) is 29.8 Å². The molecule has 4 nitrogen and oxygen atoms in total. The Kier molecular flexibility index (Phi) is 5.10. The van der Waals surface area contributed by atoms with E-state index in [1.807, 2.05) is 43.0 Å². The Morgan fingerprint density at radius 2 is 1.95 bits per heavy atom. The number of urea groups is 1. The van der Waals surface area contributed by atoms with Crippen LogP contribution in [0.2, 0.25) is 0 Å². The number of hydrogen-bond acceptors (Lipinski definition) is 3. The summed E-state index contributed by atoms with van der Waals surface area (Å²) in [7, 11) is 0. The van der Waals surface area contributed by atoms with Gasteiger partial charge in [-0.25, -0.2) is 4.79 Å². The SMILES string of the molecule is CC(N)c1ccc(NC(=O)NC2CCSCC2)cc1. The van der Waals surface area contributed by atoms with Crippen molar-refractivity contribution < 1.29 is 4.79 Å². The Labute approximate surface area is 118 Å². The van der Waals surface area contributed by atoms with Gasteiger partial charge in [-0.2, -0.15) is 11.8 Å². The molecule has 5 heteroatoms. The van der Waals surface area contributed by atoms with Crippen LogP contribution in [0.3, 0.4) is 0 Å². The molecule has 0 saturated carbocycles. The highest BCUT2D eigenvalue weighted by Gasteiger charge is 2.15. The molecule has 1 aromatic carbocycles. The number of carbonyl (C=O) groups excluding carboxylic acids is 1. The first-order valence-electron chi connectivity index (χ1n) is 6.66. The minimum atomic E-state index is -0.120. The van der Waals surface area contributed by atoms with Crippen LogP contribution in [0.4, 0.5) is 10.5 Å². The summed E-state index contributed by atoms with van der Waals surface area (Å²) < 4.78 is 0. The van der Waals surface area contributed by atoms with Crippen molar-refractivity contribution in [3.8, 4) is 0 Å². The fraction of sp³-hybridized carbons (Fsp3) is 0.500. The highest BCUT2D eigenvalue weighted by molar-refractivity contribution is 7.99. The lowest BCUT2D eigenvalue weighted by atomic mass is 10.1. The summed E-state index contributed by atoms with van der Waals surface area (Å²) in [4.78, 5) is 11.8. The summed E-state index contributed by atoms with van der Waals surface area (Å²) in [5.74, 6) is 2.27. The number of hydrogen-bond donors (Lipinski definition) is 3. The summed E-state index contributed by atoms with van der Waals surface area (Å²) in [5, 5.41) is 5.87. The highest BCUT2D eigenvalue weighted by atomic mass is 32.2. The second kappa shape index (κ2) is 6.82. The van der Waals surface area contributed by atoms with Gasteiger partial charge in [-0.1, -0.05) is 12.1 Å². The van der Waals surface area contributed by atoms with Crippen LogP contribution in [-0.2, 0) is 0 Å². The number of anilines is 1. The van der Waals surface area contributed by atoms with Crippen LogP contribution < -0.4 is 16.4 Å². The van der Waals surface area contributed by atoms with E-state index >= 15 is 0 Å². The van der Waals surface area contributed by atoms with Crippen LogP contribution in [0, 0.1) is 0 Å². The van der Waals surface area contributed by atoms with Crippen molar-refractivity contribution >= 4 is 23.5 Å². The lowest BCUT2D eigenvalue weighted by Gasteiger charge is -2.22. The zero-order chi connectivity index (χ0) is 13.7. The summed E-state index contributed by atoms with van der Waals surface area (Å²) in [5.41, 5.74) is 7.65. The molecule has 1 fully saturated rings. The van der Waals surface area contributed by atoms with E-state index in [4.69, 9.17) is 5.73 Å². The molecule has 1 atom stereocenters. The van der Waals surface area contributed by atoms with Crippen LogP contribution in [0.25, 0.3) is 0 Å². The normalized spacial score (nSPS) is 17.8.